The smallest absolute Gasteiger partial charge is 0.147 e. The molecule has 21 heavy (non-hydrogen) atoms. The van der Waals surface area contributed by atoms with Gasteiger partial charge in [0.2, 0.25) is 0 Å². The van der Waals surface area contributed by atoms with Crippen molar-refractivity contribution in [3.8, 4) is 0 Å². The van der Waals surface area contributed by atoms with Gasteiger partial charge in [-0.3, -0.25) is 0 Å². The number of sulfone groups is 1. The van der Waals surface area contributed by atoms with Crippen LogP contribution in [0, 0.1) is 0 Å². The molecule has 0 fully saturated rings. The first-order valence-corrected chi connectivity index (χ1v) is 8.86. The largest absolute Gasteiger partial charge is 0.383 e. The van der Waals surface area contributed by atoms with Gasteiger partial charge in [0.15, 0.2) is 0 Å². The lowest BCUT2D eigenvalue weighted by Crippen LogP contribution is -2.21. The van der Waals surface area contributed by atoms with Gasteiger partial charge >= 0.3 is 0 Å². The molecule has 0 spiro atoms. The fourth-order valence-corrected chi connectivity index (χ4v) is 2.95. The molecule has 0 aliphatic rings. The molecular weight excluding hydrogens is 290 g/mol. The van der Waals surface area contributed by atoms with Gasteiger partial charge in [-0.25, -0.2) is 13.4 Å². The van der Waals surface area contributed by atoms with Crippen LogP contribution in [0.15, 0.2) is 24.3 Å². The zero-order valence-corrected chi connectivity index (χ0v) is 13.1. The molecular formula is C14H21N3O3S. The number of fused-ring (bicyclic) bond motifs is 1. The summed E-state index contributed by atoms with van der Waals surface area (Å²) in [5.74, 6) is 0.763. The highest BCUT2D eigenvalue weighted by molar-refractivity contribution is 7.90. The van der Waals surface area contributed by atoms with Crippen LogP contribution in [0.2, 0.25) is 0 Å². The third kappa shape index (κ3) is 4.03. The normalized spacial score (nSPS) is 13.7. The average molecular weight is 311 g/mol. The number of hydrogen-bond acceptors (Lipinski definition) is 5. The number of rotatable bonds is 7. The first kappa shape index (κ1) is 15.9. The Labute approximate surface area is 124 Å². The summed E-state index contributed by atoms with van der Waals surface area (Å²) in [7, 11) is -1.39. The van der Waals surface area contributed by atoms with Gasteiger partial charge in [0.05, 0.1) is 29.4 Å². The molecule has 2 N–H and O–H groups in total. The second-order valence-corrected chi connectivity index (χ2v) is 7.39. The van der Waals surface area contributed by atoms with Gasteiger partial charge in [-0.15, -0.1) is 0 Å². The number of ether oxygens (including phenoxy) is 1. The van der Waals surface area contributed by atoms with E-state index in [0.717, 1.165) is 11.0 Å². The number of benzene rings is 1. The maximum absolute atomic E-state index is 11.3. The van der Waals surface area contributed by atoms with E-state index in [9.17, 15) is 8.42 Å². The first-order chi connectivity index (χ1) is 9.92. The van der Waals surface area contributed by atoms with E-state index in [1.54, 1.807) is 7.11 Å². The maximum Gasteiger partial charge on any atom is 0.147 e. The average Bonchev–Trinajstić information content (AvgIpc) is 2.80. The summed E-state index contributed by atoms with van der Waals surface area (Å²) < 4.78 is 29.7. The highest BCUT2D eigenvalue weighted by Gasteiger charge is 2.18. The Hall–Kier alpha value is -1.44. The van der Waals surface area contributed by atoms with Gasteiger partial charge in [-0.1, -0.05) is 12.1 Å². The molecule has 1 unspecified atom stereocenters. The van der Waals surface area contributed by atoms with Gasteiger partial charge in [-0.05, 0) is 18.6 Å². The molecule has 1 atom stereocenters. The predicted octanol–water partition coefficient (Wildman–Crippen LogP) is 1.12. The van der Waals surface area contributed by atoms with Crippen molar-refractivity contribution >= 4 is 20.9 Å². The lowest BCUT2D eigenvalue weighted by atomic mass is 10.2. The topological polar surface area (TPSA) is 87.2 Å². The van der Waals surface area contributed by atoms with Crippen molar-refractivity contribution in [3.63, 3.8) is 0 Å². The summed E-state index contributed by atoms with van der Waals surface area (Å²) in [6, 6.07) is 7.35. The number of hydrogen-bond donors (Lipinski definition) is 1. The number of para-hydroxylation sites is 2. The number of nitrogens with two attached hydrogens (primary N) is 1. The van der Waals surface area contributed by atoms with Gasteiger partial charge in [0.1, 0.15) is 15.7 Å². The summed E-state index contributed by atoms with van der Waals surface area (Å²) in [4.78, 5) is 4.55. The molecule has 7 heteroatoms. The van der Waals surface area contributed by atoms with Crippen molar-refractivity contribution in [2.75, 3.05) is 25.7 Å². The van der Waals surface area contributed by atoms with Gasteiger partial charge in [0, 0.05) is 19.9 Å². The van der Waals surface area contributed by atoms with E-state index in [2.05, 4.69) is 4.98 Å². The molecule has 0 bridgehead atoms. The Morgan fingerprint density at radius 2 is 2.10 bits per heavy atom. The van der Waals surface area contributed by atoms with Crippen LogP contribution >= 0.6 is 0 Å². The molecule has 0 aliphatic heterocycles. The molecule has 0 saturated heterocycles. The summed E-state index contributed by atoms with van der Waals surface area (Å²) >= 11 is 0. The third-order valence-electron chi connectivity index (χ3n) is 3.33. The van der Waals surface area contributed by atoms with Crippen LogP contribution in [0.1, 0.15) is 18.3 Å². The zero-order chi connectivity index (χ0) is 15.5. The minimum atomic E-state index is -3.03. The third-order valence-corrected chi connectivity index (χ3v) is 4.31. The van der Waals surface area contributed by atoms with Crippen molar-refractivity contribution in [2.24, 2.45) is 5.73 Å². The lowest BCUT2D eigenvalue weighted by Gasteiger charge is -2.14. The second kappa shape index (κ2) is 6.55. The van der Waals surface area contributed by atoms with Crippen molar-refractivity contribution in [3.05, 3.63) is 30.1 Å². The van der Waals surface area contributed by atoms with Crippen LogP contribution in [0.4, 0.5) is 0 Å². The Bertz CT molecular complexity index is 709. The van der Waals surface area contributed by atoms with Crippen LogP contribution in [-0.2, 0) is 21.1 Å². The van der Waals surface area contributed by atoms with Gasteiger partial charge < -0.3 is 15.0 Å². The highest BCUT2D eigenvalue weighted by Crippen LogP contribution is 2.21. The number of methoxy groups -OCH3 is 1. The quantitative estimate of drug-likeness (QED) is 0.828. The Kier molecular flexibility index (Phi) is 4.97. The molecule has 1 aromatic heterocycles. The van der Waals surface area contributed by atoms with E-state index in [1.807, 2.05) is 28.8 Å². The Balaban J connectivity index is 2.32. The minimum Gasteiger partial charge on any atom is -0.383 e. The van der Waals surface area contributed by atoms with Gasteiger partial charge in [0.25, 0.3) is 0 Å². The van der Waals surface area contributed by atoms with Crippen molar-refractivity contribution in [1.29, 1.82) is 0 Å². The highest BCUT2D eigenvalue weighted by atomic mass is 32.2. The summed E-state index contributed by atoms with van der Waals surface area (Å²) in [6.45, 7) is 1.19. The number of aromatic nitrogens is 2. The Morgan fingerprint density at radius 1 is 1.38 bits per heavy atom. The zero-order valence-electron chi connectivity index (χ0n) is 12.3. The maximum atomic E-state index is 11.3. The van der Waals surface area contributed by atoms with E-state index >= 15 is 0 Å². The van der Waals surface area contributed by atoms with Crippen LogP contribution in [-0.4, -0.2) is 43.7 Å². The van der Waals surface area contributed by atoms with E-state index in [-0.39, 0.29) is 5.75 Å². The summed E-state index contributed by atoms with van der Waals surface area (Å²) in [5.41, 5.74) is 8.00. The SMILES string of the molecule is COCCn1c(C(N)CCS(C)(=O)=O)nc2ccccc21. The molecule has 6 nitrogen and oxygen atoms in total. The molecule has 0 amide bonds. The molecule has 1 aromatic carbocycles. The van der Waals surface area contributed by atoms with E-state index in [0.29, 0.717) is 25.4 Å². The summed E-state index contributed by atoms with van der Waals surface area (Å²) in [6.07, 6.45) is 1.57. The van der Waals surface area contributed by atoms with Crippen molar-refractivity contribution in [1.82, 2.24) is 9.55 Å². The predicted molar refractivity (Wildman–Crippen MR) is 82.9 cm³/mol. The summed E-state index contributed by atoms with van der Waals surface area (Å²) in [5, 5.41) is 0. The lowest BCUT2D eigenvalue weighted by molar-refractivity contribution is 0.187. The number of imidazole rings is 1. The first-order valence-electron chi connectivity index (χ1n) is 6.80. The van der Waals surface area contributed by atoms with Crippen molar-refractivity contribution < 1.29 is 13.2 Å². The molecule has 0 aliphatic carbocycles. The van der Waals surface area contributed by atoms with E-state index in [1.165, 1.54) is 6.26 Å². The molecule has 0 radical (unpaired) electrons. The van der Waals surface area contributed by atoms with E-state index in [4.69, 9.17) is 10.5 Å². The molecule has 2 aromatic rings. The minimum absolute atomic E-state index is 0.0572. The Morgan fingerprint density at radius 3 is 2.76 bits per heavy atom. The monoisotopic (exact) mass is 311 g/mol. The van der Waals surface area contributed by atoms with Crippen LogP contribution in [0.25, 0.3) is 11.0 Å². The molecule has 116 valence electrons. The van der Waals surface area contributed by atoms with Gasteiger partial charge in [-0.2, -0.15) is 0 Å². The van der Waals surface area contributed by atoms with Crippen molar-refractivity contribution in [2.45, 2.75) is 19.0 Å². The van der Waals surface area contributed by atoms with E-state index < -0.39 is 15.9 Å². The standard InChI is InChI=1S/C14H21N3O3S/c1-20-9-8-17-13-6-4-3-5-12(13)16-14(17)11(15)7-10-21(2,18)19/h3-6,11H,7-10,15H2,1-2H3. The number of nitrogens with zero attached hydrogens (tertiary/aromatic N) is 2. The fourth-order valence-electron chi connectivity index (χ4n) is 2.26. The van der Waals surface area contributed by atoms with Crippen LogP contribution < -0.4 is 5.73 Å². The molecule has 2 rings (SSSR count). The van der Waals surface area contributed by atoms with Crippen LogP contribution in [0.3, 0.4) is 0 Å². The second-order valence-electron chi connectivity index (χ2n) is 5.13. The fraction of sp³-hybridized carbons (Fsp3) is 0.500. The van der Waals surface area contributed by atoms with Crippen LogP contribution in [0.5, 0.6) is 0 Å². The molecule has 1 heterocycles. The molecule has 0 saturated carbocycles.